The zero-order valence-corrected chi connectivity index (χ0v) is 13.7. The highest BCUT2D eigenvalue weighted by molar-refractivity contribution is 5.42. The molecule has 1 unspecified atom stereocenters. The Bertz CT molecular complexity index is 427. The highest BCUT2D eigenvalue weighted by atomic mass is 16.5. The first-order valence-electron chi connectivity index (χ1n) is 8.23. The van der Waals surface area contributed by atoms with E-state index in [1.807, 2.05) is 12.1 Å². The number of nitrogens with one attached hydrogen (secondary N) is 1. The molecule has 0 heterocycles. The van der Waals surface area contributed by atoms with Crippen molar-refractivity contribution in [2.45, 2.75) is 51.5 Å². The molecule has 1 aliphatic carbocycles. The Morgan fingerprint density at radius 1 is 1.19 bits per heavy atom. The van der Waals surface area contributed by atoms with Gasteiger partial charge in [-0.05, 0) is 43.5 Å². The van der Waals surface area contributed by atoms with Crippen LogP contribution in [0.5, 0.6) is 11.5 Å². The fourth-order valence-corrected chi connectivity index (χ4v) is 3.43. The topological polar surface area (TPSA) is 30.5 Å². The molecule has 0 aromatic heterocycles. The third kappa shape index (κ3) is 4.37. The molecule has 1 aromatic carbocycles. The van der Waals surface area contributed by atoms with Gasteiger partial charge in [0.25, 0.3) is 0 Å². The van der Waals surface area contributed by atoms with E-state index in [1.165, 1.54) is 44.1 Å². The third-order valence-corrected chi connectivity index (χ3v) is 4.60. The van der Waals surface area contributed by atoms with Gasteiger partial charge in [-0.1, -0.05) is 32.6 Å². The fourth-order valence-electron chi connectivity index (χ4n) is 3.43. The lowest BCUT2D eigenvalue weighted by atomic mass is 9.94. The minimum absolute atomic E-state index is 0.348. The van der Waals surface area contributed by atoms with E-state index in [9.17, 15) is 0 Å². The van der Waals surface area contributed by atoms with Crippen LogP contribution in [0.3, 0.4) is 0 Å². The van der Waals surface area contributed by atoms with Crippen LogP contribution in [0.4, 0.5) is 0 Å². The lowest BCUT2D eigenvalue weighted by molar-refractivity contribution is 0.374. The van der Waals surface area contributed by atoms with Crippen molar-refractivity contribution >= 4 is 0 Å². The van der Waals surface area contributed by atoms with Crippen LogP contribution in [-0.4, -0.2) is 20.8 Å². The summed E-state index contributed by atoms with van der Waals surface area (Å²) in [6, 6.07) is 6.43. The first kappa shape index (κ1) is 16.2. The molecule has 21 heavy (non-hydrogen) atoms. The maximum atomic E-state index is 5.55. The van der Waals surface area contributed by atoms with Crippen LogP contribution < -0.4 is 14.8 Å². The van der Waals surface area contributed by atoms with Gasteiger partial charge in [0.2, 0.25) is 0 Å². The summed E-state index contributed by atoms with van der Waals surface area (Å²) in [5.74, 6) is 2.77. The van der Waals surface area contributed by atoms with Crippen LogP contribution in [0.1, 0.15) is 57.1 Å². The predicted octanol–water partition coefficient (Wildman–Crippen LogP) is 4.32. The molecule has 1 aliphatic rings. The van der Waals surface area contributed by atoms with Crippen LogP contribution in [0.15, 0.2) is 18.2 Å². The van der Waals surface area contributed by atoms with E-state index in [2.05, 4.69) is 18.3 Å². The molecule has 1 fully saturated rings. The largest absolute Gasteiger partial charge is 0.497 e. The summed E-state index contributed by atoms with van der Waals surface area (Å²) < 4.78 is 10.9. The summed E-state index contributed by atoms with van der Waals surface area (Å²) in [5.41, 5.74) is 1.22. The Hall–Kier alpha value is -1.22. The number of methoxy groups -OCH3 is 2. The molecule has 0 saturated heterocycles. The van der Waals surface area contributed by atoms with E-state index in [0.29, 0.717) is 6.04 Å². The first-order chi connectivity index (χ1) is 10.3. The van der Waals surface area contributed by atoms with Crippen molar-refractivity contribution in [3.8, 4) is 11.5 Å². The lowest BCUT2D eigenvalue weighted by Crippen LogP contribution is -2.22. The second kappa shape index (κ2) is 8.28. The van der Waals surface area contributed by atoms with Gasteiger partial charge >= 0.3 is 0 Å². The fraction of sp³-hybridized carbons (Fsp3) is 0.667. The van der Waals surface area contributed by atoms with E-state index >= 15 is 0 Å². The molecule has 118 valence electrons. The average Bonchev–Trinajstić information content (AvgIpc) is 3.04. The second-order valence-corrected chi connectivity index (χ2v) is 5.95. The molecular weight excluding hydrogens is 262 g/mol. The summed E-state index contributed by atoms with van der Waals surface area (Å²) in [5, 5.41) is 3.61. The maximum Gasteiger partial charge on any atom is 0.123 e. The quantitative estimate of drug-likeness (QED) is 0.773. The summed E-state index contributed by atoms with van der Waals surface area (Å²) in [6.45, 7) is 3.13. The summed E-state index contributed by atoms with van der Waals surface area (Å²) in [7, 11) is 3.46. The standard InChI is InChI=1S/C18H29NO2/c1-4-19-17(11-9-14-7-5-6-8-14)16-13-15(20-2)10-12-18(16)21-3/h10,12-14,17,19H,4-9,11H2,1-3H3. The van der Waals surface area contributed by atoms with Crippen molar-refractivity contribution in [2.24, 2.45) is 5.92 Å². The van der Waals surface area contributed by atoms with Crippen LogP contribution in [0.2, 0.25) is 0 Å². The SMILES string of the molecule is CCNC(CCC1CCCC1)c1cc(OC)ccc1OC. The van der Waals surface area contributed by atoms with E-state index in [0.717, 1.165) is 24.0 Å². The molecule has 0 bridgehead atoms. The Balaban J connectivity index is 2.11. The highest BCUT2D eigenvalue weighted by Gasteiger charge is 2.20. The molecule has 0 spiro atoms. The van der Waals surface area contributed by atoms with E-state index in [4.69, 9.17) is 9.47 Å². The maximum absolute atomic E-state index is 5.55. The van der Waals surface area contributed by atoms with Gasteiger partial charge < -0.3 is 14.8 Å². The van der Waals surface area contributed by atoms with Crippen molar-refractivity contribution in [1.82, 2.24) is 5.32 Å². The number of rotatable bonds is 8. The van der Waals surface area contributed by atoms with E-state index < -0.39 is 0 Å². The Kier molecular flexibility index (Phi) is 6.37. The second-order valence-electron chi connectivity index (χ2n) is 5.95. The normalized spacial score (nSPS) is 16.9. The van der Waals surface area contributed by atoms with Gasteiger partial charge in [-0.3, -0.25) is 0 Å². The molecule has 1 N–H and O–H groups in total. The molecule has 1 saturated carbocycles. The minimum atomic E-state index is 0.348. The van der Waals surface area contributed by atoms with Gasteiger partial charge in [0.05, 0.1) is 14.2 Å². The Morgan fingerprint density at radius 3 is 2.57 bits per heavy atom. The van der Waals surface area contributed by atoms with Gasteiger partial charge in [-0.25, -0.2) is 0 Å². The third-order valence-electron chi connectivity index (χ3n) is 4.60. The molecule has 0 aliphatic heterocycles. The Labute approximate surface area is 129 Å². The van der Waals surface area contributed by atoms with Gasteiger partial charge in [0, 0.05) is 11.6 Å². The van der Waals surface area contributed by atoms with Crippen LogP contribution in [0.25, 0.3) is 0 Å². The van der Waals surface area contributed by atoms with E-state index in [-0.39, 0.29) is 0 Å². The molecule has 1 atom stereocenters. The van der Waals surface area contributed by atoms with E-state index in [1.54, 1.807) is 14.2 Å². The van der Waals surface area contributed by atoms with Gasteiger partial charge in [0.1, 0.15) is 11.5 Å². The van der Waals surface area contributed by atoms with Gasteiger partial charge in [-0.2, -0.15) is 0 Å². The average molecular weight is 291 g/mol. The smallest absolute Gasteiger partial charge is 0.123 e. The van der Waals surface area contributed by atoms with Crippen molar-refractivity contribution in [1.29, 1.82) is 0 Å². The summed E-state index contributed by atoms with van der Waals surface area (Å²) in [6.07, 6.45) is 8.13. The van der Waals surface area contributed by atoms with Gasteiger partial charge in [-0.15, -0.1) is 0 Å². The van der Waals surface area contributed by atoms with Crippen LogP contribution >= 0.6 is 0 Å². The van der Waals surface area contributed by atoms with Crippen LogP contribution in [0, 0.1) is 5.92 Å². The first-order valence-corrected chi connectivity index (χ1v) is 8.23. The lowest BCUT2D eigenvalue weighted by Gasteiger charge is -2.23. The minimum Gasteiger partial charge on any atom is -0.497 e. The molecule has 3 nitrogen and oxygen atoms in total. The zero-order chi connectivity index (χ0) is 15.1. The number of benzene rings is 1. The number of hydrogen-bond donors (Lipinski definition) is 1. The molecule has 1 aromatic rings. The predicted molar refractivity (Wildman–Crippen MR) is 87.2 cm³/mol. The van der Waals surface area contributed by atoms with Gasteiger partial charge in [0.15, 0.2) is 0 Å². The van der Waals surface area contributed by atoms with Crippen molar-refractivity contribution < 1.29 is 9.47 Å². The monoisotopic (exact) mass is 291 g/mol. The molecule has 0 radical (unpaired) electrons. The van der Waals surface area contributed by atoms with Crippen molar-refractivity contribution in [3.05, 3.63) is 23.8 Å². The Morgan fingerprint density at radius 2 is 1.95 bits per heavy atom. The van der Waals surface area contributed by atoms with Crippen molar-refractivity contribution in [3.63, 3.8) is 0 Å². The summed E-state index contributed by atoms with van der Waals surface area (Å²) >= 11 is 0. The summed E-state index contributed by atoms with van der Waals surface area (Å²) in [4.78, 5) is 0. The molecular formula is C18H29NO2. The molecule has 2 rings (SSSR count). The zero-order valence-electron chi connectivity index (χ0n) is 13.7. The highest BCUT2D eigenvalue weighted by Crippen LogP contribution is 2.35. The van der Waals surface area contributed by atoms with Crippen molar-refractivity contribution in [2.75, 3.05) is 20.8 Å². The number of hydrogen-bond acceptors (Lipinski definition) is 3. The molecule has 3 heteroatoms. The number of ether oxygens (including phenoxy) is 2. The van der Waals surface area contributed by atoms with Crippen LogP contribution in [-0.2, 0) is 0 Å². The molecule has 0 amide bonds.